The maximum atomic E-state index is 13.8. The molecule has 0 saturated heterocycles. The molecule has 0 radical (unpaired) electrons. The molecule has 4 rings (SSSR count). The van der Waals surface area contributed by atoms with Gasteiger partial charge in [0.1, 0.15) is 11.4 Å². The van der Waals surface area contributed by atoms with E-state index >= 15 is 0 Å². The number of ether oxygens (including phenoxy) is 1. The SMILES string of the molecule is CC(/C(CCCCC(=O)O)=N\c1cc(C(=O)N(C)C2CC(C)(C)OC3=C2C=CCC3)ccc1N)c1ccccc1. The van der Waals surface area contributed by atoms with Crippen molar-refractivity contribution in [3.05, 3.63) is 83.1 Å². The summed E-state index contributed by atoms with van der Waals surface area (Å²) in [7, 11) is 1.85. The maximum absolute atomic E-state index is 13.8. The molecule has 3 N–H and O–H groups in total. The molecule has 212 valence electrons. The molecule has 2 aromatic rings. The van der Waals surface area contributed by atoms with E-state index in [1.807, 2.05) is 30.1 Å². The Morgan fingerprint density at radius 3 is 2.60 bits per heavy atom. The molecule has 1 aliphatic carbocycles. The lowest BCUT2D eigenvalue weighted by Gasteiger charge is -2.43. The van der Waals surface area contributed by atoms with E-state index in [4.69, 9.17) is 20.6 Å². The van der Waals surface area contributed by atoms with E-state index in [-0.39, 0.29) is 29.9 Å². The van der Waals surface area contributed by atoms with Crippen molar-refractivity contribution >= 4 is 29.0 Å². The van der Waals surface area contributed by atoms with E-state index in [9.17, 15) is 9.59 Å². The van der Waals surface area contributed by atoms with Gasteiger partial charge in [0.15, 0.2) is 0 Å². The van der Waals surface area contributed by atoms with Gasteiger partial charge in [-0.15, -0.1) is 0 Å². The number of carbonyl (C=O) groups is 2. The topological polar surface area (TPSA) is 105 Å². The number of hydrogen-bond donors (Lipinski definition) is 2. The van der Waals surface area contributed by atoms with Crippen molar-refractivity contribution in [3.63, 3.8) is 0 Å². The quantitative estimate of drug-likeness (QED) is 0.190. The lowest BCUT2D eigenvalue weighted by Crippen LogP contribution is -2.47. The van der Waals surface area contributed by atoms with Gasteiger partial charge in [0.05, 0.1) is 17.4 Å². The van der Waals surface area contributed by atoms with Crippen LogP contribution in [0, 0.1) is 0 Å². The van der Waals surface area contributed by atoms with Crippen LogP contribution in [0.25, 0.3) is 0 Å². The number of unbranched alkanes of at least 4 members (excludes halogenated alkanes) is 1. The molecule has 0 spiro atoms. The number of allylic oxidation sites excluding steroid dienone is 2. The summed E-state index contributed by atoms with van der Waals surface area (Å²) in [6.07, 6.45) is 8.78. The van der Waals surface area contributed by atoms with E-state index in [2.05, 4.69) is 45.1 Å². The minimum atomic E-state index is -0.798. The molecule has 0 aromatic heterocycles. The molecule has 1 aliphatic heterocycles. The molecule has 0 bridgehead atoms. The van der Waals surface area contributed by atoms with Gasteiger partial charge in [-0.25, -0.2) is 0 Å². The Balaban J connectivity index is 1.62. The van der Waals surface area contributed by atoms with Crippen LogP contribution in [0.4, 0.5) is 11.4 Å². The molecule has 2 unspecified atom stereocenters. The first kappa shape index (κ1) is 29.1. The van der Waals surface area contributed by atoms with Crippen LogP contribution in [0.5, 0.6) is 0 Å². The summed E-state index contributed by atoms with van der Waals surface area (Å²) in [6.45, 7) is 6.24. The molecule has 1 heterocycles. The number of aliphatic carboxylic acids is 1. The Morgan fingerprint density at radius 1 is 1.15 bits per heavy atom. The second-order valence-corrected chi connectivity index (χ2v) is 11.4. The summed E-state index contributed by atoms with van der Waals surface area (Å²) in [5.74, 6) is 0.103. The zero-order valence-corrected chi connectivity index (χ0v) is 24.0. The van der Waals surface area contributed by atoms with Crippen molar-refractivity contribution in [1.82, 2.24) is 4.90 Å². The summed E-state index contributed by atoms with van der Waals surface area (Å²) < 4.78 is 6.26. The van der Waals surface area contributed by atoms with Crippen LogP contribution in [-0.4, -0.2) is 46.3 Å². The van der Waals surface area contributed by atoms with Gasteiger partial charge in [0.2, 0.25) is 0 Å². The number of nitrogen functional groups attached to an aromatic ring is 1. The van der Waals surface area contributed by atoms with Crippen LogP contribution in [-0.2, 0) is 9.53 Å². The number of carboxylic acid groups (broad SMARTS) is 1. The lowest BCUT2D eigenvalue weighted by molar-refractivity contribution is -0.137. The van der Waals surface area contributed by atoms with Gasteiger partial charge in [-0.1, -0.05) is 49.4 Å². The molecule has 7 heteroatoms. The highest BCUT2D eigenvalue weighted by Crippen LogP contribution is 2.39. The number of anilines is 1. The Kier molecular flexibility index (Phi) is 9.13. The highest BCUT2D eigenvalue weighted by Gasteiger charge is 2.38. The van der Waals surface area contributed by atoms with Crippen molar-refractivity contribution in [2.45, 2.75) is 83.3 Å². The smallest absolute Gasteiger partial charge is 0.303 e. The number of nitrogens with zero attached hydrogens (tertiary/aromatic N) is 2. The third-order valence-corrected chi connectivity index (χ3v) is 7.80. The number of rotatable bonds is 10. The standard InChI is InChI=1S/C33H41N3O4/c1-22(23-12-6-5-7-13-23)27(15-9-11-17-31(37)38)35-28-20-24(18-19-26(28)34)32(39)36(4)29-21-33(2,3)40-30-16-10-8-14-25(29)30/h5-8,12-14,18-20,22,29H,9-11,15-17,21,34H2,1-4H3,(H,37,38)/b35-27-. The molecule has 1 amide bonds. The normalized spacial score (nSPS) is 19.0. The first-order valence-corrected chi connectivity index (χ1v) is 14.1. The Labute approximate surface area is 237 Å². The molecule has 7 nitrogen and oxygen atoms in total. The van der Waals surface area contributed by atoms with Crippen molar-refractivity contribution in [3.8, 4) is 0 Å². The summed E-state index contributed by atoms with van der Waals surface area (Å²) in [5.41, 5.74) is 10.7. The van der Waals surface area contributed by atoms with E-state index in [1.54, 1.807) is 18.2 Å². The Bertz CT molecular complexity index is 1330. The molecule has 2 atom stereocenters. The molecule has 40 heavy (non-hydrogen) atoms. The average molecular weight is 544 g/mol. The van der Waals surface area contributed by atoms with Crippen molar-refractivity contribution in [2.24, 2.45) is 4.99 Å². The third kappa shape index (κ3) is 7.00. The van der Waals surface area contributed by atoms with Crippen molar-refractivity contribution in [1.29, 1.82) is 0 Å². The predicted molar refractivity (Wildman–Crippen MR) is 160 cm³/mol. The Morgan fingerprint density at radius 2 is 1.88 bits per heavy atom. The number of aliphatic imine (C=N–C) groups is 1. The minimum absolute atomic E-state index is 0.0142. The van der Waals surface area contributed by atoms with Crippen LogP contribution in [0.1, 0.15) is 87.6 Å². The summed E-state index contributed by atoms with van der Waals surface area (Å²) in [4.78, 5) is 31.6. The van der Waals surface area contributed by atoms with Gasteiger partial charge in [-0.3, -0.25) is 14.6 Å². The second kappa shape index (κ2) is 12.5. The van der Waals surface area contributed by atoms with E-state index in [1.165, 1.54) is 0 Å². The number of benzene rings is 2. The van der Waals surface area contributed by atoms with E-state index in [0.717, 1.165) is 35.4 Å². The molecule has 0 saturated carbocycles. The number of amides is 1. The highest BCUT2D eigenvalue weighted by atomic mass is 16.5. The number of carbonyl (C=O) groups excluding carboxylic acids is 1. The maximum Gasteiger partial charge on any atom is 0.303 e. The van der Waals surface area contributed by atoms with E-state index in [0.29, 0.717) is 42.6 Å². The average Bonchev–Trinajstić information content (AvgIpc) is 2.93. The van der Waals surface area contributed by atoms with Gasteiger partial charge in [-0.2, -0.15) is 0 Å². The fraction of sp³-hybridized carbons (Fsp3) is 0.424. The zero-order chi connectivity index (χ0) is 28.9. The van der Waals surface area contributed by atoms with E-state index < -0.39 is 5.97 Å². The van der Waals surface area contributed by atoms with Gasteiger partial charge in [-0.05, 0) is 63.3 Å². The molecule has 0 fully saturated rings. The third-order valence-electron chi connectivity index (χ3n) is 7.80. The van der Waals surface area contributed by atoms with Crippen LogP contribution < -0.4 is 5.73 Å². The largest absolute Gasteiger partial charge is 0.492 e. The predicted octanol–water partition coefficient (Wildman–Crippen LogP) is 7.03. The molecular weight excluding hydrogens is 502 g/mol. The first-order chi connectivity index (χ1) is 19.1. The van der Waals surface area contributed by atoms with Crippen molar-refractivity contribution < 1.29 is 19.4 Å². The highest BCUT2D eigenvalue weighted by molar-refractivity contribution is 5.98. The summed E-state index contributed by atoms with van der Waals surface area (Å²) in [5, 5.41) is 9.06. The number of nitrogens with two attached hydrogens (primary N) is 1. The van der Waals surface area contributed by atoms with Crippen LogP contribution >= 0.6 is 0 Å². The molecular formula is C33H41N3O4. The van der Waals surface area contributed by atoms with Gasteiger partial charge in [0, 0.05) is 49.1 Å². The van der Waals surface area contributed by atoms with Gasteiger partial charge < -0.3 is 20.5 Å². The summed E-state index contributed by atoms with van der Waals surface area (Å²) in [6, 6.07) is 15.3. The number of likely N-dealkylation sites (N-methyl/N-ethyl adjacent to an activating group) is 1. The van der Waals surface area contributed by atoms with Crippen molar-refractivity contribution in [2.75, 3.05) is 12.8 Å². The first-order valence-electron chi connectivity index (χ1n) is 14.1. The lowest BCUT2D eigenvalue weighted by atomic mass is 9.85. The van der Waals surface area contributed by atoms with Crippen LogP contribution in [0.2, 0.25) is 0 Å². The number of carboxylic acids is 1. The minimum Gasteiger partial charge on any atom is -0.492 e. The van der Waals surface area contributed by atoms with Gasteiger partial charge >= 0.3 is 5.97 Å². The fourth-order valence-electron chi connectivity index (χ4n) is 5.52. The monoisotopic (exact) mass is 543 g/mol. The molecule has 2 aliphatic rings. The Hall–Kier alpha value is -3.87. The van der Waals surface area contributed by atoms with Crippen LogP contribution in [0.3, 0.4) is 0 Å². The fourth-order valence-corrected chi connectivity index (χ4v) is 5.52. The number of hydrogen-bond acceptors (Lipinski definition) is 5. The van der Waals surface area contributed by atoms with Crippen LogP contribution in [0.15, 0.2) is 77.0 Å². The molecule has 2 aromatic carbocycles. The second-order valence-electron chi connectivity index (χ2n) is 11.4. The van der Waals surface area contributed by atoms with Gasteiger partial charge in [0.25, 0.3) is 5.91 Å². The summed E-state index contributed by atoms with van der Waals surface area (Å²) >= 11 is 0. The zero-order valence-electron chi connectivity index (χ0n) is 24.0.